The Labute approximate surface area is 156 Å². The summed E-state index contributed by atoms with van der Waals surface area (Å²) in [7, 11) is 4.57. The molecule has 0 unspecified atom stereocenters. The number of methoxy groups -OCH3 is 1. The Balaban J connectivity index is 2.55. The molecule has 1 heterocycles. The lowest BCUT2D eigenvalue weighted by atomic mass is 10.0. The molecule has 146 valence electrons. The molecule has 9 nitrogen and oxygen atoms in total. The van der Waals surface area contributed by atoms with Crippen LogP contribution in [-0.2, 0) is 16.0 Å². The van der Waals surface area contributed by atoms with Gasteiger partial charge in [-0.15, -0.1) is 0 Å². The zero-order valence-corrected chi connectivity index (χ0v) is 16.1. The third-order valence-corrected chi connectivity index (χ3v) is 4.04. The highest BCUT2D eigenvalue weighted by Crippen LogP contribution is 2.31. The van der Waals surface area contributed by atoms with Crippen LogP contribution in [0.25, 0.3) is 11.0 Å². The van der Waals surface area contributed by atoms with E-state index < -0.39 is 11.6 Å². The molecule has 27 heavy (non-hydrogen) atoms. The average Bonchev–Trinajstić information content (AvgIpc) is 2.60. The fraction of sp³-hybridized carbons (Fsp3) is 0.389. The van der Waals surface area contributed by atoms with Crippen LogP contribution in [-0.4, -0.2) is 44.6 Å². The molecule has 0 saturated carbocycles. The van der Waals surface area contributed by atoms with Gasteiger partial charge in [0.1, 0.15) is 17.9 Å². The SMILES string of the molecule is CN/N=C(/COc1cc(C)cc2oc(=O)c(CC(=O)OC)c(C)c12)N(C)N. The van der Waals surface area contributed by atoms with Gasteiger partial charge in [-0.1, -0.05) is 0 Å². The monoisotopic (exact) mass is 376 g/mol. The summed E-state index contributed by atoms with van der Waals surface area (Å²) in [5, 5.41) is 6.00. The largest absolute Gasteiger partial charge is 0.485 e. The summed E-state index contributed by atoms with van der Waals surface area (Å²) < 4.78 is 16.0. The van der Waals surface area contributed by atoms with E-state index in [9.17, 15) is 9.59 Å². The van der Waals surface area contributed by atoms with Crippen LogP contribution in [0.2, 0.25) is 0 Å². The Morgan fingerprint density at radius 3 is 2.67 bits per heavy atom. The third-order valence-electron chi connectivity index (χ3n) is 4.04. The van der Waals surface area contributed by atoms with Crippen molar-refractivity contribution in [1.82, 2.24) is 10.4 Å². The van der Waals surface area contributed by atoms with Crippen molar-refractivity contribution in [2.75, 3.05) is 27.8 Å². The van der Waals surface area contributed by atoms with Gasteiger partial charge in [-0.3, -0.25) is 9.80 Å². The summed E-state index contributed by atoms with van der Waals surface area (Å²) in [5.41, 5.74) is 4.18. The van der Waals surface area contributed by atoms with E-state index in [0.717, 1.165) is 5.56 Å². The van der Waals surface area contributed by atoms with Crippen LogP contribution in [0, 0.1) is 13.8 Å². The van der Waals surface area contributed by atoms with Gasteiger partial charge in [0.15, 0.2) is 5.84 Å². The molecule has 2 rings (SSSR count). The van der Waals surface area contributed by atoms with E-state index in [-0.39, 0.29) is 18.6 Å². The maximum atomic E-state index is 12.3. The Morgan fingerprint density at radius 1 is 1.37 bits per heavy atom. The van der Waals surface area contributed by atoms with Crippen molar-refractivity contribution in [3.63, 3.8) is 0 Å². The number of nitrogens with two attached hydrogens (primary N) is 1. The molecule has 1 aromatic heterocycles. The molecule has 3 N–H and O–H groups in total. The number of fused-ring (bicyclic) bond motifs is 1. The number of hydrogen-bond donors (Lipinski definition) is 2. The topological polar surface area (TPSA) is 119 Å². The highest BCUT2D eigenvalue weighted by atomic mass is 16.5. The average molecular weight is 376 g/mol. The molecule has 0 aliphatic rings. The van der Waals surface area contributed by atoms with Crippen LogP contribution in [0.1, 0.15) is 16.7 Å². The number of benzene rings is 1. The second-order valence-corrected chi connectivity index (χ2v) is 6.03. The van der Waals surface area contributed by atoms with Crippen molar-refractivity contribution < 1.29 is 18.7 Å². The summed E-state index contributed by atoms with van der Waals surface area (Å²) in [6, 6.07) is 3.57. The first-order chi connectivity index (χ1) is 12.8. The zero-order chi connectivity index (χ0) is 20.1. The molecular formula is C18H24N4O5. The number of aryl methyl sites for hydroxylation is 2. The van der Waals surface area contributed by atoms with E-state index in [1.165, 1.54) is 12.1 Å². The van der Waals surface area contributed by atoms with Gasteiger partial charge in [0, 0.05) is 14.1 Å². The Morgan fingerprint density at radius 2 is 2.07 bits per heavy atom. The predicted molar refractivity (Wildman–Crippen MR) is 102 cm³/mol. The molecule has 0 amide bonds. The Kier molecular flexibility index (Phi) is 6.40. The van der Waals surface area contributed by atoms with Gasteiger partial charge in [0.25, 0.3) is 0 Å². The lowest BCUT2D eigenvalue weighted by molar-refractivity contribution is -0.139. The molecule has 1 aromatic carbocycles. The van der Waals surface area contributed by atoms with Crippen molar-refractivity contribution in [2.45, 2.75) is 20.3 Å². The van der Waals surface area contributed by atoms with E-state index in [2.05, 4.69) is 15.3 Å². The molecule has 0 aliphatic heterocycles. The van der Waals surface area contributed by atoms with Gasteiger partial charge in [-0.25, -0.2) is 10.6 Å². The van der Waals surface area contributed by atoms with Gasteiger partial charge in [-0.05, 0) is 37.1 Å². The van der Waals surface area contributed by atoms with E-state index in [1.54, 1.807) is 27.1 Å². The normalized spacial score (nSPS) is 11.4. The molecule has 0 aliphatic carbocycles. The smallest absolute Gasteiger partial charge is 0.340 e. The number of nitrogens with zero attached hydrogens (tertiary/aromatic N) is 2. The number of hydrazine groups is 1. The second-order valence-electron chi connectivity index (χ2n) is 6.03. The van der Waals surface area contributed by atoms with Crippen LogP contribution < -0.4 is 21.6 Å². The highest BCUT2D eigenvalue weighted by molar-refractivity contribution is 5.90. The second kappa shape index (κ2) is 8.54. The van der Waals surface area contributed by atoms with Gasteiger partial charge in [0.2, 0.25) is 0 Å². The van der Waals surface area contributed by atoms with Crippen molar-refractivity contribution in [1.29, 1.82) is 0 Å². The fourth-order valence-electron chi connectivity index (χ4n) is 2.66. The minimum Gasteiger partial charge on any atom is -0.485 e. The van der Waals surface area contributed by atoms with Crippen molar-refractivity contribution in [2.24, 2.45) is 10.9 Å². The van der Waals surface area contributed by atoms with Gasteiger partial charge in [0.05, 0.1) is 24.5 Å². The quantitative estimate of drug-likeness (QED) is 0.190. The summed E-state index contributed by atoms with van der Waals surface area (Å²) in [6.07, 6.45) is -0.175. The first-order valence-corrected chi connectivity index (χ1v) is 8.26. The lowest BCUT2D eigenvalue weighted by Gasteiger charge is -2.17. The summed E-state index contributed by atoms with van der Waals surface area (Å²) >= 11 is 0. The van der Waals surface area contributed by atoms with E-state index >= 15 is 0 Å². The van der Waals surface area contributed by atoms with E-state index in [4.69, 9.17) is 15.0 Å². The molecule has 0 saturated heterocycles. The minimum atomic E-state index is -0.568. The van der Waals surface area contributed by atoms with Crippen LogP contribution in [0.3, 0.4) is 0 Å². The molecule has 0 spiro atoms. The summed E-state index contributed by atoms with van der Waals surface area (Å²) in [6.45, 7) is 3.70. The lowest BCUT2D eigenvalue weighted by Crippen LogP contribution is -2.38. The van der Waals surface area contributed by atoms with Gasteiger partial charge in [-0.2, -0.15) is 5.10 Å². The first kappa shape index (κ1) is 20.2. The maximum absolute atomic E-state index is 12.3. The number of rotatable bonds is 6. The number of hydrogen-bond acceptors (Lipinski definition) is 8. The van der Waals surface area contributed by atoms with E-state index in [1.807, 2.05) is 13.0 Å². The third kappa shape index (κ3) is 4.56. The van der Waals surface area contributed by atoms with Gasteiger partial charge < -0.3 is 19.3 Å². The van der Waals surface area contributed by atoms with Gasteiger partial charge >= 0.3 is 11.6 Å². The fourth-order valence-corrected chi connectivity index (χ4v) is 2.66. The van der Waals surface area contributed by atoms with E-state index in [0.29, 0.717) is 28.1 Å². The zero-order valence-electron chi connectivity index (χ0n) is 16.1. The highest BCUT2D eigenvalue weighted by Gasteiger charge is 2.19. The van der Waals surface area contributed by atoms with Crippen LogP contribution in [0.4, 0.5) is 0 Å². The number of carbonyl (C=O) groups is 1. The molecule has 0 fully saturated rings. The molecular weight excluding hydrogens is 352 g/mol. The number of ether oxygens (including phenoxy) is 2. The van der Waals surface area contributed by atoms with Crippen LogP contribution in [0.5, 0.6) is 5.75 Å². The van der Waals surface area contributed by atoms with Crippen molar-refractivity contribution >= 4 is 22.8 Å². The number of esters is 1. The molecule has 0 bridgehead atoms. The number of hydrazone groups is 1. The summed E-state index contributed by atoms with van der Waals surface area (Å²) in [4.78, 5) is 23.9. The Hall–Kier alpha value is -3.07. The van der Waals surface area contributed by atoms with Crippen molar-refractivity contribution in [3.8, 4) is 5.75 Å². The van der Waals surface area contributed by atoms with Crippen LogP contribution in [0.15, 0.2) is 26.4 Å². The number of amidine groups is 1. The maximum Gasteiger partial charge on any atom is 0.340 e. The summed E-state index contributed by atoms with van der Waals surface area (Å²) in [5.74, 6) is 6.20. The number of carbonyl (C=O) groups excluding carboxylic acids is 1. The number of nitrogens with one attached hydrogen (secondary N) is 1. The molecule has 2 aromatic rings. The minimum absolute atomic E-state index is 0.0945. The predicted octanol–water partition coefficient (Wildman–Crippen LogP) is 0.843. The first-order valence-electron chi connectivity index (χ1n) is 8.26. The van der Waals surface area contributed by atoms with Crippen molar-refractivity contribution in [3.05, 3.63) is 39.2 Å². The molecule has 0 radical (unpaired) electrons. The van der Waals surface area contributed by atoms with Crippen LogP contribution >= 0.6 is 0 Å². The molecule has 0 atom stereocenters. The molecule has 9 heteroatoms. The Bertz CT molecular complexity index is 933. The number of likely N-dealkylation sites (N-methyl/N-ethyl adjacent to an activating group) is 1. The standard InChI is InChI=1S/C18H24N4O5/c1-10-6-13(26-9-15(21-20-3)22(4)19)17-11(2)12(8-16(23)25-5)18(24)27-14(17)7-10/h6-7,20H,8-9,19H2,1-5H3/b21-15-.